The first-order chi connectivity index (χ1) is 18.4. The molecule has 2 rings (SSSR count). The number of rotatable bonds is 14. The molecule has 0 aromatic heterocycles. The average molecular weight is 558 g/mol. The monoisotopic (exact) mass is 557 g/mol. The molecule has 4 atom stereocenters. The molecule has 2 aromatic rings. The summed E-state index contributed by atoms with van der Waals surface area (Å²) in [5.41, 5.74) is 1.77. The molecule has 10 heteroatoms. The molecule has 1 unspecified atom stereocenters. The smallest absolute Gasteiger partial charge is 0.426 e. The van der Waals surface area contributed by atoms with Crippen LogP contribution in [0.25, 0.3) is 0 Å². The van der Waals surface area contributed by atoms with E-state index in [4.69, 9.17) is 11.6 Å². The molecule has 0 aliphatic carbocycles. The lowest BCUT2D eigenvalue weighted by molar-refractivity contribution is -0.133. The Morgan fingerprint density at radius 2 is 1.36 bits per heavy atom. The van der Waals surface area contributed by atoms with Crippen LogP contribution < -0.4 is 16.0 Å². The zero-order valence-corrected chi connectivity index (χ0v) is 24.1. The lowest BCUT2D eigenvalue weighted by Gasteiger charge is -2.28. The number of halogens is 1. The minimum absolute atomic E-state index is 0.0597. The van der Waals surface area contributed by atoms with Crippen LogP contribution in [0.15, 0.2) is 54.6 Å². The minimum Gasteiger partial charge on any atom is -0.426 e. The summed E-state index contributed by atoms with van der Waals surface area (Å²) < 4.78 is 0. The summed E-state index contributed by atoms with van der Waals surface area (Å²) in [6.45, 7) is 9.16. The van der Waals surface area contributed by atoms with Crippen LogP contribution >= 0.6 is 11.6 Å². The van der Waals surface area contributed by atoms with Crippen LogP contribution in [-0.2, 0) is 27.2 Å². The van der Waals surface area contributed by atoms with Crippen LogP contribution in [0.1, 0.15) is 52.2 Å². The van der Waals surface area contributed by atoms with E-state index in [0.717, 1.165) is 11.1 Å². The Balaban J connectivity index is 2.24. The van der Waals surface area contributed by atoms with E-state index in [9.17, 15) is 24.4 Å². The SMILES string of the molecule is CC(C)C[C@H](NC(=O)[C@H](Cc1cccc(Cl)c1)NC(=O)C(C)Cc1ccccc1)C(=O)N[C@H](B(O)O)C(C)C. The van der Waals surface area contributed by atoms with E-state index in [1.807, 2.05) is 50.2 Å². The Labute approximate surface area is 237 Å². The number of hydrogen-bond donors (Lipinski definition) is 5. The second-order valence-corrected chi connectivity index (χ2v) is 11.3. The number of nitrogens with one attached hydrogen (secondary N) is 3. The predicted molar refractivity (Wildman–Crippen MR) is 155 cm³/mol. The Bertz CT molecular complexity index is 1080. The van der Waals surface area contributed by atoms with E-state index in [2.05, 4.69) is 16.0 Å². The van der Waals surface area contributed by atoms with E-state index < -0.39 is 42.9 Å². The van der Waals surface area contributed by atoms with Gasteiger partial charge in [-0.2, -0.15) is 0 Å². The summed E-state index contributed by atoms with van der Waals surface area (Å²) in [7, 11) is -1.75. The van der Waals surface area contributed by atoms with Gasteiger partial charge in [-0.25, -0.2) is 0 Å². The van der Waals surface area contributed by atoms with Gasteiger partial charge in [0.05, 0.1) is 5.94 Å². The van der Waals surface area contributed by atoms with Crippen molar-refractivity contribution in [1.82, 2.24) is 16.0 Å². The van der Waals surface area contributed by atoms with Crippen LogP contribution in [0.5, 0.6) is 0 Å². The van der Waals surface area contributed by atoms with E-state index in [1.165, 1.54) is 0 Å². The first kappa shape index (κ1) is 32.3. The molecule has 0 spiro atoms. The number of benzene rings is 2. The van der Waals surface area contributed by atoms with Crippen molar-refractivity contribution in [2.45, 2.75) is 71.9 Å². The molecule has 0 radical (unpaired) electrons. The first-order valence-electron chi connectivity index (χ1n) is 13.4. The second-order valence-electron chi connectivity index (χ2n) is 10.9. The third-order valence-electron chi connectivity index (χ3n) is 6.48. The molecule has 0 fully saturated rings. The van der Waals surface area contributed by atoms with Crippen molar-refractivity contribution in [3.8, 4) is 0 Å². The molecule has 0 aliphatic heterocycles. The molecule has 39 heavy (non-hydrogen) atoms. The highest BCUT2D eigenvalue weighted by Crippen LogP contribution is 2.15. The fourth-order valence-corrected chi connectivity index (χ4v) is 4.52. The molecule has 2 aromatic carbocycles. The van der Waals surface area contributed by atoms with Crippen LogP contribution in [-0.4, -0.2) is 52.9 Å². The van der Waals surface area contributed by atoms with Crippen LogP contribution in [0.3, 0.4) is 0 Å². The largest absolute Gasteiger partial charge is 0.475 e. The Morgan fingerprint density at radius 1 is 0.769 bits per heavy atom. The maximum atomic E-state index is 13.6. The van der Waals surface area contributed by atoms with Gasteiger partial charge in [0.1, 0.15) is 12.1 Å². The highest BCUT2D eigenvalue weighted by atomic mass is 35.5. The normalized spacial score (nSPS) is 14.3. The topological polar surface area (TPSA) is 128 Å². The van der Waals surface area contributed by atoms with Crippen molar-refractivity contribution in [3.05, 3.63) is 70.7 Å². The van der Waals surface area contributed by atoms with E-state index in [1.54, 1.807) is 39.0 Å². The molecule has 3 amide bonds. The number of carbonyl (C=O) groups excluding carboxylic acids is 3. The summed E-state index contributed by atoms with van der Waals surface area (Å²) in [6, 6.07) is 14.8. The number of hydrogen-bond acceptors (Lipinski definition) is 5. The molecule has 212 valence electrons. The zero-order valence-electron chi connectivity index (χ0n) is 23.4. The van der Waals surface area contributed by atoms with Gasteiger partial charge in [0.2, 0.25) is 17.7 Å². The van der Waals surface area contributed by atoms with Gasteiger partial charge in [-0.3, -0.25) is 14.4 Å². The molecular formula is C29H41BClN3O5. The fourth-order valence-electron chi connectivity index (χ4n) is 4.31. The van der Waals surface area contributed by atoms with Gasteiger partial charge in [0.15, 0.2) is 0 Å². The van der Waals surface area contributed by atoms with Crippen molar-refractivity contribution in [2.75, 3.05) is 0 Å². The van der Waals surface area contributed by atoms with Gasteiger partial charge in [0.25, 0.3) is 0 Å². The molecular weight excluding hydrogens is 517 g/mol. The van der Waals surface area contributed by atoms with Crippen molar-refractivity contribution >= 4 is 36.4 Å². The third-order valence-corrected chi connectivity index (χ3v) is 6.72. The van der Waals surface area contributed by atoms with Gasteiger partial charge in [-0.05, 0) is 47.9 Å². The van der Waals surface area contributed by atoms with E-state index in [0.29, 0.717) is 17.9 Å². The molecule has 0 heterocycles. The van der Waals surface area contributed by atoms with Gasteiger partial charge < -0.3 is 26.0 Å². The Kier molecular flexibility index (Phi) is 13.0. The maximum absolute atomic E-state index is 13.6. The molecule has 0 saturated heterocycles. The summed E-state index contributed by atoms with van der Waals surface area (Å²) in [4.78, 5) is 39.9. The zero-order chi connectivity index (χ0) is 29.1. The first-order valence-corrected chi connectivity index (χ1v) is 13.8. The van der Waals surface area contributed by atoms with Gasteiger partial charge >= 0.3 is 7.12 Å². The number of carbonyl (C=O) groups is 3. The van der Waals surface area contributed by atoms with Gasteiger partial charge in [-0.15, -0.1) is 0 Å². The third kappa shape index (κ3) is 11.0. The molecule has 0 bridgehead atoms. The van der Waals surface area contributed by atoms with Crippen LogP contribution in [0.2, 0.25) is 5.02 Å². The lowest BCUT2D eigenvalue weighted by atomic mass is 9.73. The standard InChI is InChI=1S/C29H41BClN3O5/c1-18(2)14-24(29(37)34-26(19(3)4)30(38)39)33-28(36)25(17-22-12-9-13-23(31)16-22)32-27(35)20(5)15-21-10-7-6-8-11-21/h6-13,16,18-20,24-26,38-39H,14-15,17H2,1-5H3,(H,32,35)(H,33,36)(H,34,37)/t20?,24-,25-,26-/m0/s1. The molecule has 5 N–H and O–H groups in total. The summed E-state index contributed by atoms with van der Waals surface area (Å²) >= 11 is 6.16. The Morgan fingerprint density at radius 3 is 1.92 bits per heavy atom. The highest BCUT2D eigenvalue weighted by molar-refractivity contribution is 6.43. The van der Waals surface area contributed by atoms with Gasteiger partial charge in [-0.1, -0.05) is 88.7 Å². The summed E-state index contributed by atoms with van der Waals surface area (Å²) in [5.74, 6) is -2.79. The summed E-state index contributed by atoms with van der Waals surface area (Å²) in [6.07, 6.45) is 1.01. The quantitative estimate of drug-likeness (QED) is 0.228. The number of amides is 3. The fraction of sp³-hybridized carbons (Fsp3) is 0.483. The van der Waals surface area contributed by atoms with Crippen LogP contribution in [0, 0.1) is 17.8 Å². The summed E-state index contributed by atoms with van der Waals surface area (Å²) in [5, 5.41) is 28.2. The molecule has 0 saturated carbocycles. The van der Waals surface area contributed by atoms with E-state index in [-0.39, 0.29) is 24.2 Å². The van der Waals surface area contributed by atoms with Crippen molar-refractivity contribution < 1.29 is 24.4 Å². The molecule has 8 nitrogen and oxygen atoms in total. The average Bonchev–Trinajstić information content (AvgIpc) is 2.86. The second kappa shape index (κ2) is 15.6. The van der Waals surface area contributed by atoms with Crippen molar-refractivity contribution in [1.29, 1.82) is 0 Å². The lowest BCUT2D eigenvalue weighted by Crippen LogP contribution is -2.58. The highest BCUT2D eigenvalue weighted by Gasteiger charge is 2.33. The van der Waals surface area contributed by atoms with Crippen molar-refractivity contribution in [2.24, 2.45) is 17.8 Å². The Hall–Kier alpha value is -2.88. The maximum Gasteiger partial charge on any atom is 0.475 e. The van der Waals surface area contributed by atoms with Crippen molar-refractivity contribution in [3.63, 3.8) is 0 Å². The van der Waals surface area contributed by atoms with Gasteiger partial charge in [0, 0.05) is 17.4 Å². The van der Waals surface area contributed by atoms with Crippen LogP contribution in [0.4, 0.5) is 0 Å². The molecule has 0 aliphatic rings. The van der Waals surface area contributed by atoms with E-state index >= 15 is 0 Å². The minimum atomic E-state index is -1.75. The predicted octanol–water partition coefficient (Wildman–Crippen LogP) is 2.93.